The lowest BCUT2D eigenvalue weighted by Gasteiger charge is -2.39. The molecule has 1 atom stereocenters. The van der Waals surface area contributed by atoms with Gasteiger partial charge in [0.05, 0.1) is 34.4 Å². The van der Waals surface area contributed by atoms with Crippen molar-refractivity contribution in [2.75, 3.05) is 6.61 Å². The summed E-state index contributed by atoms with van der Waals surface area (Å²) in [5.41, 5.74) is 1.91. The number of hydrogen-bond acceptors (Lipinski definition) is 3. The van der Waals surface area contributed by atoms with Gasteiger partial charge in [-0.1, -0.05) is 29.8 Å². The highest BCUT2D eigenvalue weighted by Gasteiger charge is 2.41. The third kappa shape index (κ3) is 3.09. The fourth-order valence-corrected chi connectivity index (χ4v) is 5.01. The van der Waals surface area contributed by atoms with Crippen molar-refractivity contribution in [1.29, 1.82) is 0 Å². The van der Waals surface area contributed by atoms with Crippen LogP contribution in [0, 0.1) is 18.6 Å². The minimum absolute atomic E-state index is 0.140. The van der Waals surface area contributed by atoms with E-state index >= 15 is 0 Å². The summed E-state index contributed by atoms with van der Waals surface area (Å²) in [6.45, 7) is 6.11. The van der Waals surface area contributed by atoms with Gasteiger partial charge in [0.15, 0.2) is 0 Å². The van der Waals surface area contributed by atoms with E-state index in [2.05, 4.69) is 0 Å². The Morgan fingerprint density at radius 2 is 1.76 bits per heavy atom. The molecule has 0 radical (unpaired) electrons. The summed E-state index contributed by atoms with van der Waals surface area (Å²) in [5.74, 6) is -1.45. The van der Waals surface area contributed by atoms with Crippen molar-refractivity contribution in [3.63, 3.8) is 0 Å². The topological polar surface area (TPSA) is 58.2 Å². The van der Waals surface area contributed by atoms with Crippen molar-refractivity contribution < 1.29 is 13.5 Å². The van der Waals surface area contributed by atoms with Crippen LogP contribution >= 0.6 is 0 Å². The lowest BCUT2D eigenvalue weighted by molar-refractivity contribution is -0.00860. The SMILES string of the molecule is Cc1cccc(-c2c3c(=O)n(C)c(=O)n(C)c3c3n2C(C)(C)CO[C@H]3c2ccc(F)cc2F)c1. The molecule has 0 unspecified atom stereocenters. The quantitative estimate of drug-likeness (QED) is 0.447. The van der Waals surface area contributed by atoms with Crippen LogP contribution in [-0.2, 0) is 24.4 Å². The summed E-state index contributed by atoms with van der Waals surface area (Å²) < 4.78 is 39.3. The van der Waals surface area contributed by atoms with E-state index in [0.29, 0.717) is 22.3 Å². The van der Waals surface area contributed by atoms with Gasteiger partial charge in [0.1, 0.15) is 17.7 Å². The molecule has 3 heterocycles. The predicted molar refractivity (Wildman–Crippen MR) is 126 cm³/mol. The number of aryl methyl sites for hydroxylation is 2. The maximum Gasteiger partial charge on any atom is 0.331 e. The zero-order valence-electron chi connectivity index (χ0n) is 19.6. The zero-order valence-corrected chi connectivity index (χ0v) is 19.6. The van der Waals surface area contributed by atoms with E-state index in [0.717, 1.165) is 21.8 Å². The van der Waals surface area contributed by atoms with Crippen LogP contribution < -0.4 is 11.2 Å². The summed E-state index contributed by atoms with van der Waals surface area (Å²) in [4.78, 5) is 26.5. The molecule has 1 aliphatic rings. The Hall–Kier alpha value is -3.52. The van der Waals surface area contributed by atoms with Crippen LogP contribution in [0.2, 0.25) is 0 Å². The molecule has 0 aliphatic carbocycles. The molecular formula is C26H25F2N3O3. The Kier molecular flexibility index (Phi) is 4.91. The second-order valence-electron chi connectivity index (χ2n) is 9.54. The first kappa shape index (κ1) is 22.3. The van der Waals surface area contributed by atoms with Gasteiger partial charge in [-0.2, -0.15) is 0 Å². The number of hydrogen-bond donors (Lipinski definition) is 0. The van der Waals surface area contributed by atoms with Gasteiger partial charge in [-0.15, -0.1) is 0 Å². The molecule has 0 spiro atoms. The highest BCUT2D eigenvalue weighted by atomic mass is 19.1. The summed E-state index contributed by atoms with van der Waals surface area (Å²) in [6, 6.07) is 11.1. The molecule has 0 bridgehead atoms. The van der Waals surface area contributed by atoms with Crippen LogP contribution in [0.5, 0.6) is 0 Å². The number of halogens is 2. The van der Waals surface area contributed by atoms with Crippen LogP contribution in [0.3, 0.4) is 0 Å². The lowest BCUT2D eigenvalue weighted by atomic mass is 9.97. The molecule has 34 heavy (non-hydrogen) atoms. The molecule has 2 aromatic heterocycles. The normalized spacial score (nSPS) is 17.2. The monoisotopic (exact) mass is 465 g/mol. The van der Waals surface area contributed by atoms with E-state index in [1.54, 1.807) is 7.05 Å². The van der Waals surface area contributed by atoms with Gasteiger partial charge < -0.3 is 9.30 Å². The van der Waals surface area contributed by atoms with Gasteiger partial charge in [0, 0.05) is 25.7 Å². The Bertz CT molecular complexity index is 1590. The number of benzene rings is 2. The third-order valence-corrected chi connectivity index (χ3v) is 6.60. The first-order valence-corrected chi connectivity index (χ1v) is 11.0. The second kappa shape index (κ2) is 7.50. The van der Waals surface area contributed by atoms with Crippen molar-refractivity contribution in [3.8, 4) is 11.3 Å². The maximum atomic E-state index is 15.0. The summed E-state index contributed by atoms with van der Waals surface area (Å²) >= 11 is 0. The smallest absolute Gasteiger partial charge is 0.331 e. The molecule has 0 saturated carbocycles. The maximum absolute atomic E-state index is 15.0. The largest absolute Gasteiger partial charge is 0.365 e. The zero-order chi connectivity index (χ0) is 24.5. The van der Waals surface area contributed by atoms with Gasteiger partial charge in [0.2, 0.25) is 0 Å². The fraction of sp³-hybridized carbons (Fsp3) is 0.308. The van der Waals surface area contributed by atoms with Gasteiger partial charge in [0.25, 0.3) is 5.56 Å². The molecule has 5 rings (SSSR count). The summed E-state index contributed by atoms with van der Waals surface area (Å²) in [6.07, 6.45) is -0.938. The minimum Gasteiger partial charge on any atom is -0.365 e. The number of ether oxygens (including phenoxy) is 1. The Morgan fingerprint density at radius 1 is 1.03 bits per heavy atom. The molecule has 1 aliphatic heterocycles. The van der Waals surface area contributed by atoms with Gasteiger partial charge in [-0.05, 0) is 38.5 Å². The number of nitrogens with zero attached hydrogens (tertiary/aromatic N) is 3. The second-order valence-corrected chi connectivity index (χ2v) is 9.54. The number of rotatable bonds is 2. The van der Waals surface area contributed by atoms with Crippen molar-refractivity contribution in [2.45, 2.75) is 32.4 Å². The number of aromatic nitrogens is 3. The Balaban J connectivity index is 2.02. The van der Waals surface area contributed by atoms with Crippen LogP contribution in [0.4, 0.5) is 8.78 Å². The van der Waals surface area contributed by atoms with E-state index in [1.807, 2.05) is 49.6 Å². The first-order valence-electron chi connectivity index (χ1n) is 11.0. The fourth-order valence-electron chi connectivity index (χ4n) is 5.01. The molecular weight excluding hydrogens is 440 g/mol. The minimum atomic E-state index is -0.938. The van der Waals surface area contributed by atoms with Crippen molar-refractivity contribution in [1.82, 2.24) is 13.7 Å². The Morgan fingerprint density at radius 3 is 2.44 bits per heavy atom. The molecule has 0 saturated heterocycles. The Labute approximate surface area is 194 Å². The molecule has 6 nitrogen and oxygen atoms in total. The third-order valence-electron chi connectivity index (χ3n) is 6.60. The predicted octanol–water partition coefficient (Wildman–Crippen LogP) is 4.15. The molecule has 0 amide bonds. The van der Waals surface area contributed by atoms with Crippen LogP contribution in [-0.4, -0.2) is 20.3 Å². The molecule has 2 aromatic carbocycles. The lowest BCUT2D eigenvalue weighted by Crippen LogP contribution is -2.40. The van der Waals surface area contributed by atoms with Gasteiger partial charge >= 0.3 is 5.69 Å². The van der Waals surface area contributed by atoms with E-state index < -0.39 is 34.5 Å². The molecule has 176 valence electrons. The van der Waals surface area contributed by atoms with E-state index in [4.69, 9.17) is 4.74 Å². The first-order chi connectivity index (χ1) is 16.0. The van der Waals surface area contributed by atoms with Crippen LogP contribution in [0.1, 0.15) is 36.8 Å². The molecule has 8 heteroatoms. The summed E-state index contributed by atoms with van der Waals surface area (Å²) in [7, 11) is 3.03. The molecule has 0 N–H and O–H groups in total. The average Bonchev–Trinajstić information content (AvgIpc) is 3.15. The van der Waals surface area contributed by atoms with E-state index in [9.17, 15) is 18.4 Å². The highest BCUT2D eigenvalue weighted by Crippen LogP contribution is 2.45. The number of fused-ring (bicyclic) bond motifs is 3. The van der Waals surface area contributed by atoms with Crippen LogP contribution in [0.25, 0.3) is 22.2 Å². The van der Waals surface area contributed by atoms with E-state index in [1.165, 1.54) is 23.7 Å². The average molecular weight is 466 g/mol. The van der Waals surface area contributed by atoms with E-state index in [-0.39, 0.29) is 12.2 Å². The van der Waals surface area contributed by atoms with Crippen molar-refractivity contribution in [2.24, 2.45) is 14.1 Å². The van der Waals surface area contributed by atoms with Crippen molar-refractivity contribution in [3.05, 3.63) is 91.8 Å². The van der Waals surface area contributed by atoms with Crippen molar-refractivity contribution >= 4 is 10.9 Å². The highest BCUT2D eigenvalue weighted by molar-refractivity contribution is 5.97. The van der Waals surface area contributed by atoms with Gasteiger partial charge in [-0.3, -0.25) is 13.9 Å². The van der Waals surface area contributed by atoms with Gasteiger partial charge in [-0.25, -0.2) is 13.6 Å². The van der Waals surface area contributed by atoms with Crippen LogP contribution in [0.15, 0.2) is 52.1 Å². The molecule has 0 fully saturated rings. The summed E-state index contributed by atoms with van der Waals surface area (Å²) in [5, 5.41) is 0.358. The standard InChI is InChI=1S/C26H25F2N3O3/c1-14-7-6-8-15(11-14)20-19-21(29(4)25(33)30(5)24(19)32)22-23(34-13-26(2,3)31(20)22)17-10-9-16(27)12-18(17)28/h6-12,23H,13H2,1-5H3/t23-/m0/s1. The molecule has 4 aromatic rings.